The van der Waals surface area contributed by atoms with Crippen molar-refractivity contribution in [1.82, 2.24) is 9.88 Å². The van der Waals surface area contributed by atoms with E-state index in [4.69, 9.17) is 0 Å². The molecule has 1 saturated heterocycles. The quantitative estimate of drug-likeness (QED) is 0.931. The van der Waals surface area contributed by atoms with E-state index in [0.29, 0.717) is 6.42 Å². The number of pyridine rings is 1. The summed E-state index contributed by atoms with van der Waals surface area (Å²) >= 11 is 0. The summed E-state index contributed by atoms with van der Waals surface area (Å²) in [4.78, 5) is 18.5. The molecule has 2 unspecified atom stereocenters. The first kappa shape index (κ1) is 16.7. The average molecular weight is 324 g/mol. The molecule has 1 aliphatic rings. The van der Waals surface area contributed by atoms with E-state index in [1.54, 1.807) is 6.20 Å². The van der Waals surface area contributed by atoms with Gasteiger partial charge in [0, 0.05) is 6.20 Å². The van der Waals surface area contributed by atoms with Crippen molar-refractivity contribution in [2.45, 2.75) is 45.2 Å². The smallest absolute Gasteiger partial charge is 0.320 e. The number of nitrogens with zero attached hydrogens (tertiary/aromatic N) is 2. The Balaban J connectivity index is 2.09. The SMILES string of the molecule is Cc1ccc(C(c2ncccc2C)N2CCCCC2C(=O)O)cc1. The van der Waals surface area contributed by atoms with Crippen LogP contribution in [0.4, 0.5) is 0 Å². The minimum Gasteiger partial charge on any atom is -0.480 e. The van der Waals surface area contributed by atoms with Crippen molar-refractivity contribution >= 4 is 5.97 Å². The van der Waals surface area contributed by atoms with Gasteiger partial charge in [-0.25, -0.2) is 0 Å². The van der Waals surface area contributed by atoms with Gasteiger partial charge in [-0.3, -0.25) is 14.7 Å². The van der Waals surface area contributed by atoms with Crippen LogP contribution in [-0.4, -0.2) is 33.5 Å². The number of aliphatic carboxylic acids is 1. The Kier molecular flexibility index (Phi) is 4.95. The number of carboxylic acid groups (broad SMARTS) is 1. The summed E-state index contributed by atoms with van der Waals surface area (Å²) in [5.74, 6) is -0.736. The van der Waals surface area contributed by atoms with Crippen LogP contribution in [-0.2, 0) is 4.79 Å². The molecule has 1 aliphatic heterocycles. The highest BCUT2D eigenvalue weighted by atomic mass is 16.4. The first-order valence-corrected chi connectivity index (χ1v) is 8.54. The van der Waals surface area contributed by atoms with Crippen LogP contribution in [0.2, 0.25) is 0 Å². The Morgan fingerprint density at radius 1 is 1.21 bits per heavy atom. The number of rotatable bonds is 4. The van der Waals surface area contributed by atoms with Gasteiger partial charge in [0.1, 0.15) is 6.04 Å². The number of hydrogen-bond donors (Lipinski definition) is 1. The fraction of sp³-hybridized carbons (Fsp3) is 0.400. The van der Waals surface area contributed by atoms with Gasteiger partial charge in [0.25, 0.3) is 0 Å². The first-order chi connectivity index (χ1) is 11.6. The lowest BCUT2D eigenvalue weighted by Gasteiger charge is -2.39. The second kappa shape index (κ2) is 7.14. The molecule has 1 aromatic heterocycles. The molecule has 1 aromatic carbocycles. The summed E-state index contributed by atoms with van der Waals surface area (Å²) < 4.78 is 0. The Hall–Kier alpha value is -2.20. The molecule has 24 heavy (non-hydrogen) atoms. The maximum absolute atomic E-state index is 11.8. The number of piperidine rings is 1. The Bertz CT molecular complexity index is 712. The largest absolute Gasteiger partial charge is 0.480 e. The van der Waals surface area contributed by atoms with Crippen molar-refractivity contribution in [2.24, 2.45) is 0 Å². The number of carboxylic acids is 1. The normalized spacial score (nSPS) is 19.8. The Labute approximate surface area is 143 Å². The number of carbonyl (C=O) groups is 1. The van der Waals surface area contributed by atoms with Gasteiger partial charge < -0.3 is 5.11 Å². The molecule has 1 N–H and O–H groups in total. The van der Waals surface area contributed by atoms with Gasteiger partial charge in [-0.2, -0.15) is 0 Å². The third kappa shape index (κ3) is 3.34. The summed E-state index contributed by atoms with van der Waals surface area (Å²) in [7, 11) is 0. The minimum absolute atomic E-state index is 0.117. The zero-order valence-electron chi connectivity index (χ0n) is 14.3. The predicted molar refractivity (Wildman–Crippen MR) is 94.0 cm³/mol. The molecule has 3 rings (SSSR count). The molecule has 0 radical (unpaired) electrons. The molecule has 4 heteroatoms. The number of hydrogen-bond acceptors (Lipinski definition) is 3. The van der Waals surface area contributed by atoms with Crippen molar-refractivity contribution in [1.29, 1.82) is 0 Å². The van der Waals surface area contributed by atoms with Crippen molar-refractivity contribution in [3.8, 4) is 0 Å². The van der Waals surface area contributed by atoms with Crippen LogP contribution in [0.25, 0.3) is 0 Å². The van der Waals surface area contributed by atoms with Crippen molar-refractivity contribution in [3.05, 3.63) is 65.0 Å². The minimum atomic E-state index is -0.736. The van der Waals surface area contributed by atoms with Crippen LogP contribution in [0.15, 0.2) is 42.6 Å². The van der Waals surface area contributed by atoms with Gasteiger partial charge in [0.05, 0.1) is 11.7 Å². The summed E-state index contributed by atoms with van der Waals surface area (Å²) in [5, 5.41) is 9.70. The lowest BCUT2D eigenvalue weighted by Crippen LogP contribution is -2.47. The van der Waals surface area contributed by atoms with E-state index in [1.807, 2.05) is 19.1 Å². The molecule has 0 aliphatic carbocycles. The summed E-state index contributed by atoms with van der Waals surface area (Å²) in [6.45, 7) is 4.89. The van der Waals surface area contributed by atoms with Gasteiger partial charge in [-0.15, -0.1) is 0 Å². The van der Waals surface area contributed by atoms with Gasteiger partial charge in [-0.05, 0) is 50.4 Å². The van der Waals surface area contributed by atoms with Gasteiger partial charge in [0.15, 0.2) is 0 Å². The van der Waals surface area contributed by atoms with E-state index in [0.717, 1.165) is 36.2 Å². The van der Waals surface area contributed by atoms with Gasteiger partial charge in [-0.1, -0.05) is 42.3 Å². The van der Waals surface area contributed by atoms with Crippen LogP contribution in [0, 0.1) is 13.8 Å². The molecule has 126 valence electrons. The van der Waals surface area contributed by atoms with E-state index < -0.39 is 12.0 Å². The zero-order valence-corrected chi connectivity index (χ0v) is 14.3. The molecular formula is C20H24N2O2. The summed E-state index contributed by atoms with van der Waals surface area (Å²) in [6.07, 6.45) is 4.49. The Morgan fingerprint density at radius 3 is 2.62 bits per heavy atom. The number of benzene rings is 1. The standard InChI is InChI=1S/C20H24N2O2/c1-14-8-10-16(11-9-14)19(18-15(2)6-5-12-21-18)22-13-4-3-7-17(22)20(23)24/h5-6,8-12,17,19H,3-4,7,13H2,1-2H3,(H,23,24). The third-order valence-corrected chi connectivity index (χ3v) is 4.86. The monoisotopic (exact) mass is 324 g/mol. The van der Waals surface area contributed by atoms with Crippen LogP contribution in [0.1, 0.15) is 47.7 Å². The van der Waals surface area contributed by atoms with Crippen molar-refractivity contribution < 1.29 is 9.90 Å². The summed E-state index contributed by atoms with van der Waals surface area (Å²) in [5.41, 5.74) is 4.35. The average Bonchev–Trinajstić information content (AvgIpc) is 2.59. The fourth-order valence-electron chi connectivity index (χ4n) is 3.57. The lowest BCUT2D eigenvalue weighted by molar-refractivity contribution is -0.145. The highest BCUT2D eigenvalue weighted by molar-refractivity contribution is 5.73. The molecular weight excluding hydrogens is 300 g/mol. The van der Waals surface area contributed by atoms with E-state index in [1.165, 1.54) is 5.56 Å². The molecule has 2 heterocycles. The van der Waals surface area contributed by atoms with Crippen LogP contribution in [0.5, 0.6) is 0 Å². The number of aryl methyl sites for hydroxylation is 2. The van der Waals surface area contributed by atoms with E-state index in [2.05, 4.69) is 41.1 Å². The molecule has 0 spiro atoms. The lowest BCUT2D eigenvalue weighted by atomic mass is 9.92. The van der Waals surface area contributed by atoms with Gasteiger partial charge >= 0.3 is 5.97 Å². The first-order valence-electron chi connectivity index (χ1n) is 8.54. The predicted octanol–water partition coefficient (Wildman–Crippen LogP) is 3.73. The molecule has 2 atom stereocenters. The molecule has 0 saturated carbocycles. The fourth-order valence-corrected chi connectivity index (χ4v) is 3.57. The van der Waals surface area contributed by atoms with Crippen LogP contribution in [0.3, 0.4) is 0 Å². The summed E-state index contributed by atoms with van der Waals surface area (Å²) in [6, 6.07) is 11.8. The molecule has 0 bridgehead atoms. The maximum atomic E-state index is 11.8. The van der Waals surface area contributed by atoms with E-state index >= 15 is 0 Å². The zero-order chi connectivity index (χ0) is 17.1. The highest BCUT2D eigenvalue weighted by Gasteiger charge is 2.36. The second-order valence-corrected chi connectivity index (χ2v) is 6.61. The number of aromatic nitrogens is 1. The van der Waals surface area contributed by atoms with Crippen molar-refractivity contribution in [3.63, 3.8) is 0 Å². The van der Waals surface area contributed by atoms with E-state index in [-0.39, 0.29) is 6.04 Å². The topological polar surface area (TPSA) is 53.4 Å². The molecule has 2 aromatic rings. The third-order valence-electron chi connectivity index (χ3n) is 4.86. The van der Waals surface area contributed by atoms with Gasteiger partial charge in [0.2, 0.25) is 0 Å². The molecule has 4 nitrogen and oxygen atoms in total. The second-order valence-electron chi connectivity index (χ2n) is 6.61. The van der Waals surface area contributed by atoms with Crippen LogP contribution >= 0.6 is 0 Å². The highest BCUT2D eigenvalue weighted by Crippen LogP contribution is 2.34. The molecule has 0 amide bonds. The maximum Gasteiger partial charge on any atom is 0.320 e. The number of likely N-dealkylation sites (tertiary alicyclic amines) is 1. The van der Waals surface area contributed by atoms with Crippen molar-refractivity contribution in [2.75, 3.05) is 6.54 Å². The van der Waals surface area contributed by atoms with E-state index in [9.17, 15) is 9.90 Å². The Morgan fingerprint density at radius 2 is 1.96 bits per heavy atom. The van der Waals surface area contributed by atoms with Crippen LogP contribution < -0.4 is 0 Å². The molecule has 1 fully saturated rings.